The largest absolute Gasteiger partial charge is 0.369 e. The number of aryl methyl sites for hydroxylation is 1. The fourth-order valence-electron chi connectivity index (χ4n) is 1.82. The average molecular weight is 288 g/mol. The van der Waals surface area contributed by atoms with Crippen LogP contribution in [0.2, 0.25) is 0 Å². The lowest BCUT2D eigenvalue weighted by atomic mass is 10.1. The number of primary amides is 1. The maximum absolute atomic E-state index is 11.8. The van der Waals surface area contributed by atoms with Crippen molar-refractivity contribution in [3.05, 3.63) is 52.2 Å². The monoisotopic (exact) mass is 288 g/mol. The summed E-state index contributed by atoms with van der Waals surface area (Å²) < 4.78 is 0. The van der Waals surface area contributed by atoms with Crippen LogP contribution in [0.15, 0.2) is 41.8 Å². The third-order valence-corrected chi connectivity index (χ3v) is 3.73. The van der Waals surface area contributed by atoms with Gasteiger partial charge in [0.1, 0.15) is 0 Å². The number of hydrogen-bond acceptors (Lipinski definition) is 3. The van der Waals surface area contributed by atoms with Crippen LogP contribution in [0, 0.1) is 0 Å². The molecule has 0 fully saturated rings. The molecule has 0 unspecified atom stereocenters. The van der Waals surface area contributed by atoms with Crippen LogP contribution in [0.25, 0.3) is 0 Å². The number of hydrogen-bond donors (Lipinski definition) is 2. The first kappa shape index (κ1) is 14.3. The zero-order valence-corrected chi connectivity index (χ0v) is 11.8. The molecular formula is C15H16N2O2S. The van der Waals surface area contributed by atoms with Gasteiger partial charge in [-0.2, -0.15) is 0 Å². The highest BCUT2D eigenvalue weighted by Crippen LogP contribution is 2.13. The van der Waals surface area contributed by atoms with Gasteiger partial charge in [-0.05, 0) is 35.6 Å². The van der Waals surface area contributed by atoms with Crippen molar-refractivity contribution in [2.45, 2.75) is 19.3 Å². The van der Waals surface area contributed by atoms with Gasteiger partial charge in [0, 0.05) is 17.0 Å². The van der Waals surface area contributed by atoms with Gasteiger partial charge in [-0.3, -0.25) is 9.59 Å². The number of amides is 2. The molecule has 2 aromatic rings. The lowest BCUT2D eigenvalue weighted by Gasteiger charge is -2.05. The van der Waals surface area contributed by atoms with E-state index in [0.717, 1.165) is 17.7 Å². The van der Waals surface area contributed by atoms with E-state index in [9.17, 15) is 9.59 Å². The van der Waals surface area contributed by atoms with Crippen LogP contribution >= 0.6 is 11.3 Å². The third kappa shape index (κ3) is 4.51. The molecular weight excluding hydrogens is 272 g/mol. The summed E-state index contributed by atoms with van der Waals surface area (Å²) in [6.45, 7) is 0. The molecule has 1 aromatic heterocycles. The Morgan fingerprint density at radius 3 is 2.50 bits per heavy atom. The summed E-state index contributed by atoms with van der Waals surface area (Å²) in [6, 6.07) is 11.1. The molecule has 1 heterocycles. The predicted molar refractivity (Wildman–Crippen MR) is 80.6 cm³/mol. The Bertz CT molecular complexity index is 576. The van der Waals surface area contributed by atoms with Gasteiger partial charge in [0.05, 0.1) is 6.42 Å². The molecule has 0 atom stereocenters. The van der Waals surface area contributed by atoms with Crippen LogP contribution in [0.4, 0.5) is 5.69 Å². The highest BCUT2D eigenvalue weighted by Gasteiger charge is 2.04. The molecule has 5 heteroatoms. The Kier molecular flexibility index (Phi) is 4.90. The first-order valence-electron chi connectivity index (χ1n) is 6.33. The van der Waals surface area contributed by atoms with Gasteiger partial charge in [-0.25, -0.2) is 0 Å². The van der Waals surface area contributed by atoms with Crippen molar-refractivity contribution >= 4 is 28.8 Å². The minimum atomic E-state index is -0.363. The zero-order chi connectivity index (χ0) is 14.4. The second-order valence-electron chi connectivity index (χ2n) is 4.47. The van der Waals surface area contributed by atoms with Crippen LogP contribution < -0.4 is 11.1 Å². The molecule has 0 saturated carbocycles. The van der Waals surface area contributed by atoms with Crippen molar-refractivity contribution in [3.63, 3.8) is 0 Å². The zero-order valence-electron chi connectivity index (χ0n) is 11.0. The van der Waals surface area contributed by atoms with Gasteiger partial charge in [-0.15, -0.1) is 11.3 Å². The number of carbonyl (C=O) groups is 2. The number of nitrogens with one attached hydrogen (secondary N) is 1. The molecule has 0 radical (unpaired) electrons. The molecule has 0 spiro atoms. The molecule has 0 aliphatic carbocycles. The van der Waals surface area contributed by atoms with Crippen LogP contribution in [0.1, 0.15) is 16.9 Å². The molecule has 2 amide bonds. The van der Waals surface area contributed by atoms with Gasteiger partial charge in [0.2, 0.25) is 11.8 Å². The highest BCUT2D eigenvalue weighted by atomic mass is 32.1. The van der Waals surface area contributed by atoms with Crippen LogP contribution in [0.3, 0.4) is 0 Å². The number of rotatable bonds is 6. The number of anilines is 1. The van der Waals surface area contributed by atoms with Crippen molar-refractivity contribution in [1.82, 2.24) is 0 Å². The quantitative estimate of drug-likeness (QED) is 0.856. The van der Waals surface area contributed by atoms with Crippen LogP contribution in [0.5, 0.6) is 0 Å². The van der Waals surface area contributed by atoms with Gasteiger partial charge >= 0.3 is 0 Å². The molecule has 4 nitrogen and oxygen atoms in total. The summed E-state index contributed by atoms with van der Waals surface area (Å²) in [6.07, 6.45) is 1.43. The Morgan fingerprint density at radius 2 is 1.90 bits per heavy atom. The molecule has 2 rings (SSSR count). The summed E-state index contributed by atoms with van der Waals surface area (Å²) in [7, 11) is 0. The first-order chi connectivity index (χ1) is 9.63. The van der Waals surface area contributed by atoms with E-state index in [-0.39, 0.29) is 18.2 Å². The Hall–Kier alpha value is -2.14. The molecule has 0 bridgehead atoms. The van der Waals surface area contributed by atoms with E-state index in [0.29, 0.717) is 6.42 Å². The molecule has 3 N–H and O–H groups in total. The number of nitrogens with two attached hydrogens (primary N) is 1. The average Bonchev–Trinajstić information content (AvgIpc) is 2.91. The van der Waals surface area contributed by atoms with E-state index in [1.54, 1.807) is 35.6 Å². The maximum Gasteiger partial charge on any atom is 0.224 e. The van der Waals surface area contributed by atoms with E-state index < -0.39 is 0 Å². The maximum atomic E-state index is 11.8. The standard InChI is InChI=1S/C15H16N2O2S/c16-14(18)10-11-3-5-12(6-4-11)17-15(19)8-7-13-2-1-9-20-13/h1-6,9H,7-8,10H2,(H2,16,18)(H,17,19). The molecule has 0 aliphatic heterocycles. The van der Waals surface area contributed by atoms with E-state index in [4.69, 9.17) is 5.73 Å². The molecule has 0 saturated heterocycles. The van der Waals surface area contributed by atoms with Crippen molar-refractivity contribution in [1.29, 1.82) is 0 Å². The minimum Gasteiger partial charge on any atom is -0.369 e. The fourth-order valence-corrected chi connectivity index (χ4v) is 2.53. The number of carbonyl (C=O) groups excluding carboxylic acids is 2. The topological polar surface area (TPSA) is 72.2 Å². The molecule has 20 heavy (non-hydrogen) atoms. The van der Waals surface area contributed by atoms with Crippen molar-refractivity contribution in [2.24, 2.45) is 5.73 Å². The summed E-state index contributed by atoms with van der Waals surface area (Å²) in [5, 5.41) is 4.84. The van der Waals surface area contributed by atoms with Crippen LogP contribution in [-0.4, -0.2) is 11.8 Å². The summed E-state index contributed by atoms with van der Waals surface area (Å²) in [5.41, 5.74) is 6.69. The summed E-state index contributed by atoms with van der Waals surface area (Å²) >= 11 is 1.66. The summed E-state index contributed by atoms with van der Waals surface area (Å²) in [5.74, 6) is -0.376. The lowest BCUT2D eigenvalue weighted by Crippen LogP contribution is -2.14. The van der Waals surface area contributed by atoms with Crippen LogP contribution in [-0.2, 0) is 22.4 Å². The van der Waals surface area contributed by atoms with Gasteiger partial charge in [0.15, 0.2) is 0 Å². The van der Waals surface area contributed by atoms with Crippen molar-refractivity contribution < 1.29 is 9.59 Å². The Morgan fingerprint density at radius 1 is 1.15 bits per heavy atom. The van der Waals surface area contributed by atoms with Gasteiger partial charge in [0.25, 0.3) is 0 Å². The van der Waals surface area contributed by atoms with Gasteiger partial charge < -0.3 is 11.1 Å². The highest BCUT2D eigenvalue weighted by molar-refractivity contribution is 7.09. The second-order valence-corrected chi connectivity index (χ2v) is 5.50. The third-order valence-electron chi connectivity index (χ3n) is 2.79. The summed E-state index contributed by atoms with van der Waals surface area (Å²) in [4.78, 5) is 23.8. The van der Waals surface area contributed by atoms with E-state index >= 15 is 0 Å². The first-order valence-corrected chi connectivity index (χ1v) is 7.21. The predicted octanol–water partition coefficient (Wildman–Crippen LogP) is 2.35. The SMILES string of the molecule is NC(=O)Cc1ccc(NC(=O)CCc2cccs2)cc1. The Labute approximate surface area is 121 Å². The van der Waals surface area contributed by atoms with Gasteiger partial charge in [-0.1, -0.05) is 18.2 Å². The molecule has 1 aromatic carbocycles. The second kappa shape index (κ2) is 6.86. The van der Waals surface area contributed by atoms with Crippen molar-refractivity contribution in [3.8, 4) is 0 Å². The number of thiophene rings is 1. The normalized spacial score (nSPS) is 10.2. The Balaban J connectivity index is 1.83. The van der Waals surface area contributed by atoms with E-state index in [2.05, 4.69) is 5.32 Å². The van der Waals surface area contributed by atoms with E-state index in [1.807, 2.05) is 17.5 Å². The van der Waals surface area contributed by atoms with E-state index in [1.165, 1.54) is 4.88 Å². The smallest absolute Gasteiger partial charge is 0.224 e. The molecule has 104 valence electrons. The fraction of sp³-hybridized carbons (Fsp3) is 0.200. The molecule has 0 aliphatic rings. The lowest BCUT2D eigenvalue weighted by molar-refractivity contribution is -0.117. The number of benzene rings is 1. The minimum absolute atomic E-state index is 0.0129. The van der Waals surface area contributed by atoms with Crippen molar-refractivity contribution in [2.75, 3.05) is 5.32 Å².